The van der Waals surface area contributed by atoms with Gasteiger partial charge in [-0.15, -0.1) is 0 Å². The first kappa shape index (κ1) is 20.2. The van der Waals surface area contributed by atoms with Crippen molar-refractivity contribution in [1.29, 1.82) is 0 Å². The van der Waals surface area contributed by atoms with Gasteiger partial charge in [0, 0.05) is 5.69 Å². The molecule has 0 spiro atoms. The first-order chi connectivity index (χ1) is 12.8. The van der Waals surface area contributed by atoms with Crippen molar-refractivity contribution in [3.05, 3.63) is 52.3 Å². The Labute approximate surface area is 157 Å². The summed E-state index contributed by atoms with van der Waals surface area (Å²) in [5, 5.41) is 0. The standard InChI is InChI=1S/C20H23NO6/c1-11-17(20(24)26-5)12(2)21-18(11)19(23)13(3)27-16(22)10-14-6-8-15(25-4)9-7-14/h6-9,13,21H,10H2,1-5H3. The number of benzene rings is 1. The highest BCUT2D eigenvalue weighted by Gasteiger charge is 2.27. The molecule has 27 heavy (non-hydrogen) atoms. The van der Waals surface area contributed by atoms with E-state index in [1.165, 1.54) is 14.0 Å². The number of H-pyrrole nitrogens is 1. The molecule has 1 aromatic carbocycles. The molecular formula is C20H23NO6. The lowest BCUT2D eigenvalue weighted by Gasteiger charge is -2.12. The lowest BCUT2D eigenvalue weighted by molar-refractivity contribution is -0.145. The number of aromatic nitrogens is 1. The van der Waals surface area contributed by atoms with Crippen molar-refractivity contribution in [2.45, 2.75) is 33.3 Å². The summed E-state index contributed by atoms with van der Waals surface area (Å²) in [5.74, 6) is -0.761. The van der Waals surface area contributed by atoms with E-state index in [1.807, 2.05) is 0 Å². The maximum absolute atomic E-state index is 12.6. The molecule has 0 fully saturated rings. The summed E-state index contributed by atoms with van der Waals surface area (Å²) in [6, 6.07) is 7.01. The molecule has 0 aliphatic carbocycles. The molecule has 0 saturated carbocycles. The van der Waals surface area contributed by atoms with Crippen LogP contribution in [0.3, 0.4) is 0 Å². The number of aryl methyl sites for hydroxylation is 1. The van der Waals surface area contributed by atoms with Crippen molar-refractivity contribution in [2.75, 3.05) is 14.2 Å². The Hall–Kier alpha value is -3.09. The predicted molar refractivity (Wildman–Crippen MR) is 98.2 cm³/mol. The molecule has 144 valence electrons. The summed E-state index contributed by atoms with van der Waals surface area (Å²) in [4.78, 5) is 39.5. The van der Waals surface area contributed by atoms with E-state index in [0.29, 0.717) is 22.6 Å². The van der Waals surface area contributed by atoms with Gasteiger partial charge in [-0.1, -0.05) is 12.1 Å². The van der Waals surface area contributed by atoms with E-state index in [2.05, 4.69) is 4.98 Å². The molecule has 7 heteroatoms. The third-order valence-electron chi connectivity index (χ3n) is 4.26. The quantitative estimate of drug-likeness (QED) is 0.592. The summed E-state index contributed by atoms with van der Waals surface area (Å²) in [6.45, 7) is 4.83. The van der Waals surface area contributed by atoms with E-state index in [0.717, 1.165) is 5.56 Å². The highest BCUT2D eigenvalue weighted by molar-refractivity contribution is 6.04. The van der Waals surface area contributed by atoms with E-state index in [1.54, 1.807) is 45.2 Å². The topological polar surface area (TPSA) is 94.7 Å². The van der Waals surface area contributed by atoms with E-state index < -0.39 is 23.8 Å². The number of hydrogen-bond acceptors (Lipinski definition) is 6. The Balaban J connectivity index is 2.06. The minimum absolute atomic E-state index is 0.0394. The Kier molecular flexibility index (Phi) is 6.39. The summed E-state index contributed by atoms with van der Waals surface area (Å²) in [6.07, 6.45) is -0.949. The lowest BCUT2D eigenvalue weighted by Crippen LogP contribution is -2.26. The molecule has 1 aromatic heterocycles. The third kappa shape index (κ3) is 4.55. The molecular weight excluding hydrogens is 350 g/mol. The van der Waals surface area contributed by atoms with Gasteiger partial charge in [-0.2, -0.15) is 0 Å². The fourth-order valence-corrected chi connectivity index (χ4v) is 2.81. The van der Waals surface area contributed by atoms with Crippen LogP contribution in [0.25, 0.3) is 0 Å². The molecule has 0 aliphatic rings. The highest BCUT2D eigenvalue weighted by atomic mass is 16.5. The van der Waals surface area contributed by atoms with Crippen LogP contribution in [-0.2, 0) is 20.7 Å². The molecule has 0 radical (unpaired) electrons. The molecule has 1 unspecified atom stereocenters. The van der Waals surface area contributed by atoms with Crippen LogP contribution < -0.4 is 4.74 Å². The van der Waals surface area contributed by atoms with Crippen molar-refractivity contribution in [3.63, 3.8) is 0 Å². The van der Waals surface area contributed by atoms with Crippen LogP contribution in [0.4, 0.5) is 0 Å². The second-order valence-electron chi connectivity index (χ2n) is 6.14. The van der Waals surface area contributed by atoms with Crippen LogP contribution in [-0.4, -0.2) is 43.0 Å². The summed E-state index contributed by atoms with van der Waals surface area (Å²) in [5.41, 5.74) is 2.30. The minimum Gasteiger partial charge on any atom is -0.497 e. The van der Waals surface area contributed by atoms with Crippen LogP contribution in [0.1, 0.15) is 44.6 Å². The molecule has 2 rings (SSSR count). The number of rotatable bonds is 7. The zero-order valence-electron chi connectivity index (χ0n) is 16.0. The summed E-state index contributed by atoms with van der Waals surface area (Å²) in [7, 11) is 2.84. The maximum atomic E-state index is 12.6. The van der Waals surface area contributed by atoms with Gasteiger partial charge in [0.05, 0.1) is 31.9 Å². The molecule has 1 heterocycles. The molecule has 0 bridgehead atoms. The number of carbonyl (C=O) groups excluding carboxylic acids is 3. The van der Waals surface area contributed by atoms with Crippen LogP contribution >= 0.6 is 0 Å². The SMILES string of the molecule is COC(=O)c1c(C)[nH]c(C(=O)C(C)OC(=O)Cc2ccc(OC)cc2)c1C. The first-order valence-corrected chi connectivity index (χ1v) is 8.42. The number of hydrogen-bond donors (Lipinski definition) is 1. The van der Waals surface area contributed by atoms with Crippen molar-refractivity contribution in [1.82, 2.24) is 4.98 Å². The number of nitrogens with one attached hydrogen (secondary N) is 1. The van der Waals surface area contributed by atoms with Crippen molar-refractivity contribution < 1.29 is 28.6 Å². The molecule has 0 aliphatic heterocycles. The number of aromatic amines is 1. The predicted octanol–water partition coefficient (Wildman–Crippen LogP) is 2.78. The van der Waals surface area contributed by atoms with Crippen LogP contribution in [0.15, 0.2) is 24.3 Å². The monoisotopic (exact) mass is 373 g/mol. The average Bonchev–Trinajstić information content (AvgIpc) is 2.95. The summed E-state index contributed by atoms with van der Waals surface area (Å²) >= 11 is 0. The van der Waals surface area contributed by atoms with Crippen LogP contribution in [0.2, 0.25) is 0 Å². The minimum atomic E-state index is -0.988. The normalized spacial score (nSPS) is 11.6. The lowest BCUT2D eigenvalue weighted by atomic mass is 10.1. The van der Waals surface area contributed by atoms with E-state index in [9.17, 15) is 14.4 Å². The number of carbonyl (C=O) groups is 3. The average molecular weight is 373 g/mol. The van der Waals surface area contributed by atoms with Gasteiger partial charge in [0.15, 0.2) is 6.10 Å². The van der Waals surface area contributed by atoms with E-state index in [4.69, 9.17) is 14.2 Å². The highest BCUT2D eigenvalue weighted by Crippen LogP contribution is 2.21. The van der Waals surface area contributed by atoms with Gasteiger partial charge in [-0.25, -0.2) is 4.79 Å². The molecule has 2 aromatic rings. The second kappa shape index (κ2) is 8.53. The number of ketones is 1. The van der Waals surface area contributed by atoms with Crippen LogP contribution in [0.5, 0.6) is 5.75 Å². The molecule has 1 atom stereocenters. The molecule has 0 amide bonds. The van der Waals surface area contributed by atoms with Gasteiger partial charge >= 0.3 is 11.9 Å². The van der Waals surface area contributed by atoms with Gasteiger partial charge in [-0.3, -0.25) is 9.59 Å². The summed E-state index contributed by atoms with van der Waals surface area (Å²) < 4.78 is 15.1. The van der Waals surface area contributed by atoms with E-state index in [-0.39, 0.29) is 12.1 Å². The fourth-order valence-electron chi connectivity index (χ4n) is 2.81. The third-order valence-corrected chi connectivity index (χ3v) is 4.26. The zero-order chi connectivity index (χ0) is 20.1. The Morgan fingerprint density at radius 1 is 1.07 bits per heavy atom. The molecule has 0 saturated heterocycles. The number of methoxy groups -OCH3 is 2. The number of Topliss-reactive ketones (excluding diaryl/α,β-unsaturated/α-hetero) is 1. The van der Waals surface area contributed by atoms with Gasteiger partial charge < -0.3 is 19.2 Å². The van der Waals surface area contributed by atoms with Gasteiger partial charge in [0.2, 0.25) is 5.78 Å². The van der Waals surface area contributed by atoms with Crippen LogP contribution in [0, 0.1) is 13.8 Å². The van der Waals surface area contributed by atoms with Crippen molar-refractivity contribution in [2.24, 2.45) is 0 Å². The maximum Gasteiger partial charge on any atom is 0.339 e. The second-order valence-corrected chi connectivity index (χ2v) is 6.14. The zero-order valence-corrected chi connectivity index (χ0v) is 16.0. The van der Waals surface area contributed by atoms with Crippen molar-refractivity contribution >= 4 is 17.7 Å². The van der Waals surface area contributed by atoms with Gasteiger partial charge in [-0.05, 0) is 44.0 Å². The molecule has 1 N–H and O–H groups in total. The Morgan fingerprint density at radius 2 is 1.70 bits per heavy atom. The van der Waals surface area contributed by atoms with Crippen molar-refractivity contribution in [3.8, 4) is 5.75 Å². The molecule has 7 nitrogen and oxygen atoms in total. The van der Waals surface area contributed by atoms with Gasteiger partial charge in [0.1, 0.15) is 5.75 Å². The smallest absolute Gasteiger partial charge is 0.339 e. The Bertz CT molecular complexity index is 850. The first-order valence-electron chi connectivity index (χ1n) is 8.42. The Morgan fingerprint density at radius 3 is 2.26 bits per heavy atom. The fraction of sp³-hybridized carbons (Fsp3) is 0.350. The number of ether oxygens (including phenoxy) is 3. The number of esters is 2. The van der Waals surface area contributed by atoms with Gasteiger partial charge in [0.25, 0.3) is 0 Å². The largest absolute Gasteiger partial charge is 0.497 e. The van der Waals surface area contributed by atoms with E-state index >= 15 is 0 Å².